The molecule has 0 bridgehead atoms. The Bertz CT molecular complexity index is 517. The van der Waals surface area contributed by atoms with Crippen molar-refractivity contribution in [1.29, 1.82) is 0 Å². The molecule has 118 valence electrons. The van der Waals surface area contributed by atoms with Crippen molar-refractivity contribution < 1.29 is 9.94 Å². The monoisotopic (exact) mass is 315 g/mol. The number of nitrogens with two attached hydrogens (primary N) is 1. The van der Waals surface area contributed by atoms with Crippen molar-refractivity contribution in [2.45, 2.75) is 39.5 Å². The molecule has 1 saturated heterocycles. The molecule has 2 rings (SSSR count). The number of halogens is 1. The molecule has 7 nitrogen and oxygen atoms in total. The first-order valence-electron chi connectivity index (χ1n) is 7.16. The summed E-state index contributed by atoms with van der Waals surface area (Å²) in [7, 11) is 0. The van der Waals surface area contributed by atoms with Gasteiger partial charge in [0.25, 0.3) is 0 Å². The summed E-state index contributed by atoms with van der Waals surface area (Å²) in [5.41, 5.74) is 7.56. The maximum atomic E-state index is 8.75. The quantitative estimate of drug-likeness (QED) is 0.367. The van der Waals surface area contributed by atoms with Crippen LogP contribution in [0.5, 0.6) is 0 Å². The molecular weight excluding hydrogens is 294 g/mol. The van der Waals surface area contributed by atoms with E-state index in [1.165, 1.54) is 0 Å². The SMILES string of the molecule is CCc1nn(CC)c(CN2CCOC(C(N)=NO)C2)c1Cl. The zero-order valence-electron chi connectivity index (χ0n) is 12.4. The molecule has 1 aromatic rings. The first-order chi connectivity index (χ1) is 10.1. The van der Waals surface area contributed by atoms with Crippen LogP contribution in [-0.4, -0.2) is 51.5 Å². The topological polar surface area (TPSA) is 88.9 Å². The number of amidine groups is 1. The Hall–Kier alpha value is -1.31. The van der Waals surface area contributed by atoms with Gasteiger partial charge in [0.1, 0.15) is 6.10 Å². The molecule has 1 unspecified atom stereocenters. The van der Waals surface area contributed by atoms with Crippen molar-refractivity contribution in [1.82, 2.24) is 14.7 Å². The van der Waals surface area contributed by atoms with Gasteiger partial charge < -0.3 is 15.7 Å². The summed E-state index contributed by atoms with van der Waals surface area (Å²) < 4.78 is 7.44. The summed E-state index contributed by atoms with van der Waals surface area (Å²) in [6.07, 6.45) is 0.431. The highest BCUT2D eigenvalue weighted by Gasteiger charge is 2.26. The molecule has 0 aliphatic carbocycles. The number of hydrogen-bond acceptors (Lipinski definition) is 5. The van der Waals surface area contributed by atoms with Crippen LogP contribution in [0.15, 0.2) is 5.16 Å². The zero-order valence-corrected chi connectivity index (χ0v) is 13.2. The molecule has 1 aliphatic rings. The fourth-order valence-corrected chi connectivity index (χ4v) is 2.80. The summed E-state index contributed by atoms with van der Waals surface area (Å²) in [6.45, 7) is 7.44. The van der Waals surface area contributed by atoms with Crippen LogP contribution in [-0.2, 0) is 24.2 Å². The summed E-state index contributed by atoms with van der Waals surface area (Å²) in [6, 6.07) is 0. The second kappa shape index (κ2) is 7.11. The van der Waals surface area contributed by atoms with Crippen molar-refractivity contribution in [3.63, 3.8) is 0 Å². The molecule has 21 heavy (non-hydrogen) atoms. The van der Waals surface area contributed by atoms with E-state index in [1.807, 2.05) is 18.5 Å². The Balaban J connectivity index is 2.12. The highest BCUT2D eigenvalue weighted by atomic mass is 35.5. The standard InChI is InChI=1S/C13H22ClN5O2/c1-3-9-12(14)10(19(4-2)16-9)7-18-5-6-21-11(8-18)13(15)17-20/h11,20H,3-8H2,1-2H3,(H2,15,17). The number of hydrogen-bond donors (Lipinski definition) is 2. The second-order valence-electron chi connectivity index (χ2n) is 5.00. The van der Waals surface area contributed by atoms with Crippen molar-refractivity contribution in [2.75, 3.05) is 19.7 Å². The zero-order chi connectivity index (χ0) is 15.4. The van der Waals surface area contributed by atoms with Crippen molar-refractivity contribution >= 4 is 17.4 Å². The molecule has 0 aromatic carbocycles. The van der Waals surface area contributed by atoms with Crippen LogP contribution in [0.2, 0.25) is 5.02 Å². The lowest BCUT2D eigenvalue weighted by Gasteiger charge is -2.32. The molecule has 1 fully saturated rings. The molecule has 1 aliphatic heterocycles. The van der Waals surface area contributed by atoms with Gasteiger partial charge in [-0.1, -0.05) is 23.7 Å². The molecule has 0 amide bonds. The molecule has 1 atom stereocenters. The predicted octanol–water partition coefficient (Wildman–Crippen LogP) is 1.07. The maximum Gasteiger partial charge on any atom is 0.169 e. The second-order valence-corrected chi connectivity index (χ2v) is 5.37. The Morgan fingerprint density at radius 3 is 2.95 bits per heavy atom. The van der Waals surface area contributed by atoms with E-state index in [2.05, 4.69) is 15.2 Å². The Morgan fingerprint density at radius 2 is 2.33 bits per heavy atom. The van der Waals surface area contributed by atoms with Gasteiger partial charge in [0, 0.05) is 26.2 Å². The molecule has 8 heteroatoms. The van der Waals surface area contributed by atoms with Gasteiger partial charge in [0.15, 0.2) is 5.84 Å². The third-order valence-corrected chi connectivity index (χ3v) is 4.10. The fraction of sp³-hybridized carbons (Fsp3) is 0.692. The van der Waals surface area contributed by atoms with Gasteiger partial charge in [0.2, 0.25) is 0 Å². The van der Waals surface area contributed by atoms with Crippen LogP contribution >= 0.6 is 11.6 Å². The minimum Gasteiger partial charge on any atom is -0.409 e. The van der Waals surface area contributed by atoms with Crippen LogP contribution < -0.4 is 5.73 Å². The molecule has 0 radical (unpaired) electrons. The first-order valence-corrected chi connectivity index (χ1v) is 7.53. The Kier molecular flexibility index (Phi) is 5.44. The highest BCUT2D eigenvalue weighted by Crippen LogP contribution is 2.23. The minimum absolute atomic E-state index is 0.101. The lowest BCUT2D eigenvalue weighted by atomic mass is 10.2. The number of morpholine rings is 1. The van der Waals surface area contributed by atoms with E-state index in [0.717, 1.165) is 35.9 Å². The molecular formula is C13H22ClN5O2. The smallest absolute Gasteiger partial charge is 0.169 e. The van der Waals surface area contributed by atoms with Gasteiger partial charge in [-0.15, -0.1) is 0 Å². The Labute approximate surface area is 129 Å². The van der Waals surface area contributed by atoms with Crippen LogP contribution in [0.25, 0.3) is 0 Å². The maximum absolute atomic E-state index is 8.75. The van der Waals surface area contributed by atoms with Gasteiger partial charge in [-0.3, -0.25) is 9.58 Å². The van der Waals surface area contributed by atoms with E-state index >= 15 is 0 Å². The van der Waals surface area contributed by atoms with E-state index in [0.29, 0.717) is 19.7 Å². The average molecular weight is 316 g/mol. The number of oxime groups is 1. The van der Waals surface area contributed by atoms with Gasteiger partial charge in [-0.05, 0) is 13.3 Å². The molecule has 1 aromatic heterocycles. The highest BCUT2D eigenvalue weighted by molar-refractivity contribution is 6.31. The average Bonchev–Trinajstić information content (AvgIpc) is 2.82. The molecule has 0 saturated carbocycles. The van der Waals surface area contributed by atoms with Gasteiger partial charge in [-0.25, -0.2) is 0 Å². The number of nitrogens with zero attached hydrogens (tertiary/aromatic N) is 4. The normalized spacial score (nSPS) is 20.9. The van der Waals surface area contributed by atoms with E-state index in [-0.39, 0.29) is 11.9 Å². The summed E-state index contributed by atoms with van der Waals surface area (Å²) in [5, 5.41) is 17.0. The van der Waals surface area contributed by atoms with Crippen molar-refractivity contribution in [3.05, 3.63) is 16.4 Å². The molecule has 0 spiro atoms. The summed E-state index contributed by atoms with van der Waals surface area (Å²) >= 11 is 6.42. The van der Waals surface area contributed by atoms with Crippen LogP contribution in [0.4, 0.5) is 0 Å². The fourth-order valence-electron chi connectivity index (χ4n) is 2.47. The van der Waals surface area contributed by atoms with E-state index < -0.39 is 0 Å². The number of ether oxygens (including phenoxy) is 1. The van der Waals surface area contributed by atoms with Crippen LogP contribution in [0.1, 0.15) is 25.2 Å². The summed E-state index contributed by atoms with van der Waals surface area (Å²) in [4.78, 5) is 2.18. The molecule has 3 N–H and O–H groups in total. The van der Waals surface area contributed by atoms with Crippen LogP contribution in [0.3, 0.4) is 0 Å². The van der Waals surface area contributed by atoms with Crippen LogP contribution in [0, 0.1) is 0 Å². The van der Waals surface area contributed by atoms with E-state index in [9.17, 15) is 0 Å². The molecule has 2 heterocycles. The van der Waals surface area contributed by atoms with Gasteiger partial charge >= 0.3 is 0 Å². The minimum atomic E-state index is -0.383. The largest absolute Gasteiger partial charge is 0.409 e. The van der Waals surface area contributed by atoms with Crippen molar-refractivity contribution in [3.8, 4) is 0 Å². The number of aromatic nitrogens is 2. The van der Waals surface area contributed by atoms with E-state index in [1.54, 1.807) is 0 Å². The lowest BCUT2D eigenvalue weighted by molar-refractivity contribution is 0.000520. The first kappa shape index (κ1) is 16.1. The summed E-state index contributed by atoms with van der Waals surface area (Å²) in [5.74, 6) is 0.101. The van der Waals surface area contributed by atoms with Crippen molar-refractivity contribution in [2.24, 2.45) is 10.9 Å². The third-order valence-electron chi connectivity index (χ3n) is 3.66. The van der Waals surface area contributed by atoms with E-state index in [4.69, 9.17) is 27.3 Å². The van der Waals surface area contributed by atoms with Gasteiger partial charge in [0.05, 0.1) is 23.0 Å². The predicted molar refractivity (Wildman–Crippen MR) is 80.7 cm³/mol. The number of aryl methyl sites for hydroxylation is 2. The third kappa shape index (κ3) is 3.48. The Morgan fingerprint density at radius 1 is 1.57 bits per heavy atom. The van der Waals surface area contributed by atoms with Gasteiger partial charge in [-0.2, -0.15) is 5.10 Å². The lowest BCUT2D eigenvalue weighted by Crippen LogP contribution is -2.48. The number of rotatable bonds is 5.